The smallest absolute Gasteiger partial charge is 0.335 e. The Morgan fingerprint density at radius 2 is 1.94 bits per heavy atom. The second-order valence-electron chi connectivity index (χ2n) is 3.62. The lowest BCUT2D eigenvalue weighted by Gasteiger charge is -2.10. The van der Waals surface area contributed by atoms with Crippen molar-refractivity contribution in [3.05, 3.63) is 23.8 Å². The highest BCUT2D eigenvalue weighted by molar-refractivity contribution is 5.88. The Labute approximate surface area is 105 Å². The van der Waals surface area contributed by atoms with Crippen LogP contribution in [0.4, 0.5) is 0 Å². The Bertz CT molecular complexity index is 439. The van der Waals surface area contributed by atoms with Crippen LogP contribution in [0.1, 0.15) is 37.0 Å². The van der Waals surface area contributed by atoms with Gasteiger partial charge in [0.05, 0.1) is 12.2 Å². The highest BCUT2D eigenvalue weighted by atomic mass is 16.6. The van der Waals surface area contributed by atoms with Gasteiger partial charge in [-0.2, -0.15) is 0 Å². The predicted molar refractivity (Wildman–Crippen MR) is 65.1 cm³/mol. The summed E-state index contributed by atoms with van der Waals surface area (Å²) in [5.41, 5.74) is 0.0914. The van der Waals surface area contributed by atoms with Crippen LogP contribution in [0.3, 0.4) is 0 Å². The van der Waals surface area contributed by atoms with Crippen LogP contribution in [0.25, 0.3) is 0 Å². The Morgan fingerprint density at radius 3 is 2.50 bits per heavy atom. The second kappa shape index (κ2) is 6.64. The maximum atomic E-state index is 11.4. The fourth-order valence-electron chi connectivity index (χ4n) is 1.37. The van der Waals surface area contributed by atoms with E-state index in [1.165, 1.54) is 18.2 Å². The van der Waals surface area contributed by atoms with Crippen molar-refractivity contribution < 1.29 is 24.2 Å². The van der Waals surface area contributed by atoms with Crippen molar-refractivity contribution in [3.8, 4) is 11.5 Å². The summed E-state index contributed by atoms with van der Waals surface area (Å²) in [6, 6.07) is 4.15. The Hall–Kier alpha value is -2.04. The van der Waals surface area contributed by atoms with E-state index in [4.69, 9.17) is 14.6 Å². The van der Waals surface area contributed by atoms with Gasteiger partial charge in [0.25, 0.3) is 0 Å². The first-order valence-electron chi connectivity index (χ1n) is 5.79. The lowest BCUT2D eigenvalue weighted by Crippen LogP contribution is -2.09. The Balaban J connectivity index is 2.95. The van der Waals surface area contributed by atoms with Gasteiger partial charge in [-0.25, -0.2) is 4.79 Å². The quantitative estimate of drug-likeness (QED) is 0.622. The molecule has 1 aromatic rings. The number of carboxylic acid groups (broad SMARTS) is 1. The number of ether oxygens (including phenoxy) is 2. The van der Waals surface area contributed by atoms with Gasteiger partial charge in [-0.1, -0.05) is 6.92 Å². The molecule has 0 aliphatic rings. The molecule has 0 bridgehead atoms. The van der Waals surface area contributed by atoms with Gasteiger partial charge in [0.15, 0.2) is 11.5 Å². The zero-order chi connectivity index (χ0) is 13.5. The van der Waals surface area contributed by atoms with E-state index in [1.807, 2.05) is 6.92 Å². The molecule has 98 valence electrons. The van der Waals surface area contributed by atoms with E-state index in [2.05, 4.69) is 0 Å². The fourth-order valence-corrected chi connectivity index (χ4v) is 1.37. The third-order valence-corrected chi connectivity index (χ3v) is 2.17. The van der Waals surface area contributed by atoms with E-state index in [-0.39, 0.29) is 23.0 Å². The fraction of sp³-hybridized carbons (Fsp3) is 0.385. The lowest BCUT2D eigenvalue weighted by molar-refractivity contribution is -0.134. The van der Waals surface area contributed by atoms with Gasteiger partial charge in [-0.15, -0.1) is 0 Å². The molecule has 5 nitrogen and oxygen atoms in total. The normalized spacial score (nSPS) is 9.89. The SMILES string of the molecule is CCCC(=O)Oc1ccc(C(=O)O)cc1OCC. The van der Waals surface area contributed by atoms with Crippen molar-refractivity contribution in [2.24, 2.45) is 0 Å². The minimum atomic E-state index is -1.05. The number of hydrogen-bond donors (Lipinski definition) is 1. The molecule has 0 radical (unpaired) electrons. The van der Waals surface area contributed by atoms with Crippen LogP contribution in [0.2, 0.25) is 0 Å². The monoisotopic (exact) mass is 252 g/mol. The van der Waals surface area contributed by atoms with Gasteiger partial charge in [-0.3, -0.25) is 4.79 Å². The molecule has 0 fully saturated rings. The van der Waals surface area contributed by atoms with Gasteiger partial charge in [0, 0.05) is 6.42 Å². The molecule has 5 heteroatoms. The van der Waals surface area contributed by atoms with Crippen molar-refractivity contribution in [3.63, 3.8) is 0 Å². The van der Waals surface area contributed by atoms with Crippen LogP contribution in [0.5, 0.6) is 11.5 Å². The molecule has 0 saturated carbocycles. The number of carbonyl (C=O) groups is 2. The summed E-state index contributed by atoms with van der Waals surface area (Å²) >= 11 is 0. The van der Waals surface area contributed by atoms with Gasteiger partial charge < -0.3 is 14.6 Å². The molecule has 1 aromatic carbocycles. The molecule has 0 aliphatic heterocycles. The van der Waals surface area contributed by atoms with Crippen molar-refractivity contribution in [1.82, 2.24) is 0 Å². The molecule has 0 unspecified atom stereocenters. The van der Waals surface area contributed by atoms with E-state index in [0.717, 1.165) is 0 Å². The van der Waals surface area contributed by atoms with Crippen LogP contribution < -0.4 is 9.47 Å². The second-order valence-corrected chi connectivity index (χ2v) is 3.62. The van der Waals surface area contributed by atoms with Crippen molar-refractivity contribution >= 4 is 11.9 Å². The average molecular weight is 252 g/mol. The zero-order valence-corrected chi connectivity index (χ0v) is 10.4. The average Bonchev–Trinajstić information content (AvgIpc) is 2.31. The minimum Gasteiger partial charge on any atom is -0.490 e. The van der Waals surface area contributed by atoms with E-state index in [9.17, 15) is 9.59 Å². The molecule has 0 aliphatic carbocycles. The van der Waals surface area contributed by atoms with Crippen LogP contribution in [-0.4, -0.2) is 23.7 Å². The van der Waals surface area contributed by atoms with Crippen LogP contribution >= 0.6 is 0 Å². The minimum absolute atomic E-state index is 0.0914. The number of rotatable bonds is 6. The highest BCUT2D eigenvalue weighted by Gasteiger charge is 2.13. The Kier molecular flexibility index (Phi) is 5.17. The molecule has 0 spiro atoms. The van der Waals surface area contributed by atoms with Crippen LogP contribution in [-0.2, 0) is 4.79 Å². The first-order chi connectivity index (χ1) is 8.58. The van der Waals surface area contributed by atoms with E-state index in [0.29, 0.717) is 19.4 Å². The van der Waals surface area contributed by atoms with E-state index >= 15 is 0 Å². The molecule has 1 rings (SSSR count). The number of carboxylic acids is 1. The van der Waals surface area contributed by atoms with Crippen molar-refractivity contribution in [2.45, 2.75) is 26.7 Å². The van der Waals surface area contributed by atoms with Crippen molar-refractivity contribution in [2.75, 3.05) is 6.61 Å². The third-order valence-electron chi connectivity index (χ3n) is 2.17. The molecule has 0 saturated heterocycles. The number of benzene rings is 1. The zero-order valence-electron chi connectivity index (χ0n) is 10.4. The molecule has 18 heavy (non-hydrogen) atoms. The largest absolute Gasteiger partial charge is 0.490 e. The van der Waals surface area contributed by atoms with Gasteiger partial charge in [0.1, 0.15) is 0 Å². The summed E-state index contributed by atoms with van der Waals surface area (Å²) in [7, 11) is 0. The maximum Gasteiger partial charge on any atom is 0.335 e. The standard InChI is InChI=1S/C13H16O5/c1-3-5-12(14)18-10-7-6-9(13(15)16)8-11(10)17-4-2/h6-8H,3-5H2,1-2H3,(H,15,16). The summed E-state index contributed by atoms with van der Waals surface area (Å²) in [6.07, 6.45) is 1.00. The number of aromatic carboxylic acids is 1. The molecule has 0 amide bonds. The van der Waals surface area contributed by atoms with E-state index in [1.54, 1.807) is 6.92 Å². The number of carbonyl (C=O) groups excluding carboxylic acids is 1. The first-order valence-corrected chi connectivity index (χ1v) is 5.79. The van der Waals surface area contributed by atoms with E-state index < -0.39 is 5.97 Å². The molecular weight excluding hydrogens is 236 g/mol. The topological polar surface area (TPSA) is 72.8 Å². The first kappa shape index (κ1) is 14.0. The Morgan fingerprint density at radius 1 is 1.22 bits per heavy atom. The van der Waals surface area contributed by atoms with Crippen LogP contribution in [0.15, 0.2) is 18.2 Å². The summed E-state index contributed by atoms with van der Waals surface area (Å²) < 4.78 is 10.4. The molecule has 1 N–H and O–H groups in total. The summed E-state index contributed by atoms with van der Waals surface area (Å²) in [5.74, 6) is -0.897. The molecular formula is C13H16O5. The number of esters is 1. The van der Waals surface area contributed by atoms with Crippen molar-refractivity contribution in [1.29, 1.82) is 0 Å². The number of hydrogen-bond acceptors (Lipinski definition) is 4. The molecule has 0 atom stereocenters. The predicted octanol–water partition coefficient (Wildman–Crippen LogP) is 2.49. The van der Waals surface area contributed by atoms with Crippen LogP contribution in [0, 0.1) is 0 Å². The third kappa shape index (κ3) is 3.76. The summed E-state index contributed by atoms with van der Waals surface area (Å²) in [4.78, 5) is 22.2. The molecule has 0 heterocycles. The van der Waals surface area contributed by atoms with Gasteiger partial charge >= 0.3 is 11.9 Å². The lowest BCUT2D eigenvalue weighted by atomic mass is 10.2. The summed E-state index contributed by atoms with van der Waals surface area (Å²) in [6.45, 7) is 4.00. The molecule has 0 aromatic heterocycles. The summed E-state index contributed by atoms with van der Waals surface area (Å²) in [5, 5.41) is 8.87. The van der Waals surface area contributed by atoms with Gasteiger partial charge in [0.2, 0.25) is 0 Å². The van der Waals surface area contributed by atoms with Gasteiger partial charge in [-0.05, 0) is 31.5 Å². The maximum absolute atomic E-state index is 11.4. The highest BCUT2D eigenvalue weighted by Crippen LogP contribution is 2.29.